The third-order valence-corrected chi connectivity index (χ3v) is 3.80. The van der Waals surface area contributed by atoms with Crippen molar-refractivity contribution in [1.29, 1.82) is 0 Å². The lowest BCUT2D eigenvalue weighted by Gasteiger charge is -2.07. The maximum Gasteiger partial charge on any atom is 0.301 e. The lowest BCUT2D eigenvalue weighted by atomic mass is 10.1. The van der Waals surface area contributed by atoms with Crippen LogP contribution >= 0.6 is 0 Å². The summed E-state index contributed by atoms with van der Waals surface area (Å²) < 4.78 is 5.05. The summed E-state index contributed by atoms with van der Waals surface area (Å²) >= 11 is 0. The van der Waals surface area contributed by atoms with E-state index in [2.05, 4.69) is 9.97 Å². The number of benzene rings is 2. The molecular weight excluding hydrogens is 336 g/mol. The van der Waals surface area contributed by atoms with Gasteiger partial charge in [-0.2, -0.15) is 0 Å². The fraction of sp³-hybridized carbons (Fsp3) is 0.111. The minimum atomic E-state index is -0.614. The maximum atomic E-state index is 12.3. The number of nitro groups is 1. The zero-order valence-electron chi connectivity index (χ0n) is 13.9. The Kier molecular flexibility index (Phi) is 4.76. The quantitative estimate of drug-likeness (QED) is 0.535. The number of rotatable bonds is 5. The Morgan fingerprint density at radius 1 is 1.27 bits per heavy atom. The van der Waals surface area contributed by atoms with Crippen LogP contribution in [-0.2, 0) is 11.3 Å². The first-order chi connectivity index (χ1) is 12.5. The van der Waals surface area contributed by atoms with E-state index in [4.69, 9.17) is 10.5 Å². The third kappa shape index (κ3) is 3.31. The minimum absolute atomic E-state index is 0.187. The molecule has 0 aliphatic heterocycles. The summed E-state index contributed by atoms with van der Waals surface area (Å²) in [5, 5.41) is 11.7. The summed E-state index contributed by atoms with van der Waals surface area (Å²) in [5.41, 5.74) is 6.60. The topological polar surface area (TPSA) is 124 Å². The highest BCUT2D eigenvalue weighted by Crippen LogP contribution is 2.23. The summed E-state index contributed by atoms with van der Waals surface area (Å²) in [4.78, 5) is 30.2. The lowest BCUT2D eigenvalue weighted by Crippen LogP contribution is -2.20. The van der Waals surface area contributed by atoms with Crippen LogP contribution in [0.15, 0.2) is 53.3 Å². The molecule has 8 heteroatoms. The van der Waals surface area contributed by atoms with E-state index in [9.17, 15) is 14.9 Å². The van der Waals surface area contributed by atoms with Gasteiger partial charge in [0.05, 0.1) is 28.1 Å². The van der Waals surface area contributed by atoms with Crippen LogP contribution in [0.4, 0.5) is 0 Å². The van der Waals surface area contributed by atoms with Crippen LogP contribution in [0.2, 0.25) is 0 Å². The number of ether oxygens (including phenoxy) is 1. The third-order valence-electron chi connectivity index (χ3n) is 3.80. The van der Waals surface area contributed by atoms with Gasteiger partial charge in [0, 0.05) is 7.11 Å². The average molecular weight is 352 g/mol. The zero-order chi connectivity index (χ0) is 18.7. The van der Waals surface area contributed by atoms with Crippen molar-refractivity contribution in [2.24, 2.45) is 5.73 Å². The number of hydrogen-bond donors (Lipinski definition) is 2. The molecule has 3 rings (SSSR count). The van der Waals surface area contributed by atoms with Crippen LogP contribution in [-0.4, -0.2) is 22.0 Å². The second-order valence-electron chi connectivity index (χ2n) is 5.58. The second kappa shape index (κ2) is 7.16. The molecule has 3 aromatic rings. The highest BCUT2D eigenvalue weighted by Gasteiger charge is 2.24. The molecule has 1 heterocycles. The number of para-hydroxylation sites is 2. The fourth-order valence-corrected chi connectivity index (χ4v) is 2.66. The number of H-pyrrole nitrogens is 1. The van der Waals surface area contributed by atoms with Crippen molar-refractivity contribution in [3.8, 4) is 0 Å². The van der Waals surface area contributed by atoms with Crippen molar-refractivity contribution >= 4 is 22.4 Å². The van der Waals surface area contributed by atoms with Crippen LogP contribution < -0.4 is 11.3 Å². The molecule has 26 heavy (non-hydrogen) atoms. The number of aromatic amines is 1. The van der Waals surface area contributed by atoms with E-state index < -0.39 is 10.5 Å². The molecule has 8 nitrogen and oxygen atoms in total. The van der Waals surface area contributed by atoms with Crippen molar-refractivity contribution in [3.63, 3.8) is 0 Å². The standard InChI is InChI=1S/C18H16N4O4/c1-26-10-11-5-4-6-12(9-11)17(22(24)25)15(19)16-18(23)21-14-8-3-2-7-13(14)20-16/h2-9H,10,19H2,1H3,(H,21,23)/b17-15+. The molecule has 0 amide bonds. The van der Waals surface area contributed by atoms with Crippen molar-refractivity contribution < 1.29 is 9.66 Å². The molecule has 0 saturated carbocycles. The Bertz CT molecular complexity index is 1070. The van der Waals surface area contributed by atoms with E-state index in [1.54, 1.807) is 48.5 Å². The molecule has 0 aliphatic carbocycles. The summed E-state index contributed by atoms with van der Waals surface area (Å²) in [6.45, 7) is 0.299. The van der Waals surface area contributed by atoms with E-state index in [1.807, 2.05) is 0 Å². The van der Waals surface area contributed by atoms with Gasteiger partial charge in [0.15, 0.2) is 5.69 Å². The van der Waals surface area contributed by atoms with E-state index >= 15 is 0 Å². The summed E-state index contributed by atoms with van der Waals surface area (Å²) in [6, 6.07) is 13.5. The van der Waals surface area contributed by atoms with Gasteiger partial charge in [-0.15, -0.1) is 0 Å². The summed E-state index contributed by atoms with van der Waals surface area (Å²) in [6.07, 6.45) is 0. The zero-order valence-corrected chi connectivity index (χ0v) is 13.9. The van der Waals surface area contributed by atoms with Crippen LogP contribution in [0.5, 0.6) is 0 Å². The molecule has 0 bridgehead atoms. The molecule has 0 aliphatic rings. The molecule has 0 radical (unpaired) electrons. The van der Waals surface area contributed by atoms with Crippen LogP contribution in [0.25, 0.3) is 22.4 Å². The molecule has 3 N–H and O–H groups in total. The van der Waals surface area contributed by atoms with Gasteiger partial charge in [-0.25, -0.2) is 4.98 Å². The number of nitrogens with zero attached hydrogens (tertiary/aromatic N) is 2. The summed E-state index contributed by atoms with van der Waals surface area (Å²) in [5.74, 6) is 0. The molecule has 2 aromatic carbocycles. The molecule has 0 spiro atoms. The van der Waals surface area contributed by atoms with E-state index in [1.165, 1.54) is 7.11 Å². The monoisotopic (exact) mass is 352 g/mol. The van der Waals surface area contributed by atoms with Gasteiger partial charge in [0.2, 0.25) is 0 Å². The highest BCUT2D eigenvalue weighted by molar-refractivity contribution is 5.85. The van der Waals surface area contributed by atoms with Crippen molar-refractivity contribution in [1.82, 2.24) is 9.97 Å². The van der Waals surface area contributed by atoms with Gasteiger partial charge < -0.3 is 15.5 Å². The first-order valence-corrected chi connectivity index (χ1v) is 7.73. The number of aromatic nitrogens is 2. The number of nitrogens with two attached hydrogens (primary N) is 1. The van der Waals surface area contributed by atoms with Crippen molar-refractivity contribution in [3.05, 3.63) is 85.8 Å². The van der Waals surface area contributed by atoms with Crippen LogP contribution in [0.1, 0.15) is 16.8 Å². The van der Waals surface area contributed by atoms with Crippen LogP contribution in [0, 0.1) is 10.1 Å². The molecule has 1 aromatic heterocycles. The van der Waals surface area contributed by atoms with E-state index in [0.717, 1.165) is 5.56 Å². The van der Waals surface area contributed by atoms with Crippen LogP contribution in [0.3, 0.4) is 0 Å². The van der Waals surface area contributed by atoms with Gasteiger partial charge in [-0.1, -0.05) is 24.3 Å². The van der Waals surface area contributed by atoms with Gasteiger partial charge in [-0.05, 0) is 29.8 Å². The number of hydrogen-bond acceptors (Lipinski definition) is 6. The first kappa shape index (κ1) is 17.3. The van der Waals surface area contributed by atoms with Gasteiger partial charge >= 0.3 is 5.70 Å². The smallest absolute Gasteiger partial charge is 0.301 e. The largest absolute Gasteiger partial charge is 0.391 e. The Balaban J connectivity index is 2.22. The Morgan fingerprint density at radius 2 is 2.04 bits per heavy atom. The second-order valence-corrected chi connectivity index (χ2v) is 5.58. The molecule has 132 valence electrons. The molecule has 0 fully saturated rings. The number of nitrogens with one attached hydrogen (secondary N) is 1. The predicted octanol–water partition coefficient (Wildman–Crippen LogP) is 2.13. The lowest BCUT2D eigenvalue weighted by molar-refractivity contribution is -0.374. The predicted molar refractivity (Wildman–Crippen MR) is 97.5 cm³/mol. The van der Waals surface area contributed by atoms with E-state index in [-0.39, 0.29) is 22.7 Å². The van der Waals surface area contributed by atoms with E-state index in [0.29, 0.717) is 17.6 Å². The summed E-state index contributed by atoms with van der Waals surface area (Å²) in [7, 11) is 1.53. The average Bonchev–Trinajstić information content (AvgIpc) is 2.61. The fourth-order valence-electron chi connectivity index (χ4n) is 2.66. The molecule has 0 saturated heterocycles. The Labute approximate surface area is 148 Å². The molecule has 0 atom stereocenters. The molecule has 0 unspecified atom stereocenters. The SMILES string of the molecule is COCc1cccc(/C(=C(\N)c2nc3ccccc3[nH]c2=O)[N+](=O)[O-])c1. The maximum absolute atomic E-state index is 12.3. The first-order valence-electron chi connectivity index (χ1n) is 7.73. The highest BCUT2D eigenvalue weighted by atomic mass is 16.6. The van der Waals surface area contributed by atoms with Gasteiger partial charge in [-0.3, -0.25) is 14.9 Å². The molecular formula is C18H16N4O4. The van der Waals surface area contributed by atoms with Crippen molar-refractivity contribution in [2.45, 2.75) is 6.61 Å². The van der Waals surface area contributed by atoms with Gasteiger partial charge in [0.1, 0.15) is 5.70 Å². The number of methoxy groups -OCH3 is 1. The van der Waals surface area contributed by atoms with Crippen molar-refractivity contribution in [2.75, 3.05) is 7.11 Å². The van der Waals surface area contributed by atoms with Gasteiger partial charge in [0.25, 0.3) is 5.56 Å². The number of fused-ring (bicyclic) bond motifs is 1. The normalized spacial score (nSPS) is 12.0. The minimum Gasteiger partial charge on any atom is -0.391 e. The Morgan fingerprint density at radius 3 is 2.77 bits per heavy atom. The Hall–Kier alpha value is -3.52.